The maximum atomic E-state index is 13.7. The van der Waals surface area contributed by atoms with Crippen molar-refractivity contribution in [2.75, 3.05) is 0 Å². The number of rotatable bonds is 11. The van der Waals surface area contributed by atoms with Gasteiger partial charge in [0.05, 0.1) is 0 Å². The lowest BCUT2D eigenvalue weighted by Crippen LogP contribution is -2.77. The van der Waals surface area contributed by atoms with E-state index in [4.69, 9.17) is 0 Å². The molecule has 0 amide bonds. The highest BCUT2D eigenvalue weighted by molar-refractivity contribution is 5.81. The first kappa shape index (κ1) is 35.7. The number of ether oxygens (including phenoxy) is 1. The van der Waals surface area contributed by atoms with Gasteiger partial charge in [-0.3, -0.25) is 0 Å². The predicted molar refractivity (Wildman–Crippen MR) is 76.3 cm³/mol. The first-order valence-corrected chi connectivity index (χ1v) is 8.43. The SMILES string of the molecule is C=CC(=O)OC(C)C(F)(F)C(F)(F)C(F)(F)C(F)(F)C(F)(F)C(F)(F)C(F)(F)C(F)(F)C(F)(F)C(F)(F)F. The molecule has 38 heavy (non-hydrogen) atoms. The van der Waals surface area contributed by atoms with Gasteiger partial charge >= 0.3 is 65.4 Å². The van der Waals surface area contributed by atoms with Crippen molar-refractivity contribution in [2.45, 2.75) is 72.5 Å². The minimum absolute atomic E-state index is 0.162. The molecule has 0 aromatic rings. The number of hydrogen-bond donors (Lipinski definition) is 0. The summed E-state index contributed by atoms with van der Waals surface area (Å²) < 4.78 is 281. The van der Waals surface area contributed by atoms with Gasteiger partial charge in [-0.1, -0.05) is 6.58 Å². The zero-order chi connectivity index (χ0) is 31.6. The van der Waals surface area contributed by atoms with Gasteiger partial charge in [-0.15, -0.1) is 0 Å². The normalized spacial score (nSPS) is 16.8. The highest BCUT2D eigenvalue weighted by Crippen LogP contribution is 2.66. The first-order chi connectivity index (χ1) is 16.1. The molecule has 0 heterocycles. The van der Waals surface area contributed by atoms with Gasteiger partial charge in [0.15, 0.2) is 6.10 Å². The molecule has 0 saturated heterocycles. The van der Waals surface area contributed by atoms with Crippen molar-refractivity contribution in [3.05, 3.63) is 12.7 Å². The molecule has 0 aromatic carbocycles. The van der Waals surface area contributed by atoms with Gasteiger partial charge in [-0.2, -0.15) is 92.2 Å². The van der Waals surface area contributed by atoms with Gasteiger partial charge in [0.2, 0.25) is 0 Å². The predicted octanol–water partition coefficient (Wildman–Crippen LogP) is 7.38. The number of halogens is 21. The maximum absolute atomic E-state index is 13.7. The molecular formula is C15H7F21O2. The average molecular weight is 618 g/mol. The monoisotopic (exact) mass is 618 g/mol. The summed E-state index contributed by atoms with van der Waals surface area (Å²) in [6.45, 7) is 1.94. The van der Waals surface area contributed by atoms with Crippen LogP contribution >= 0.6 is 0 Å². The Hall–Kier alpha value is -2.26. The summed E-state index contributed by atoms with van der Waals surface area (Å²) in [5, 5.41) is 0. The molecule has 0 N–H and O–H groups in total. The van der Waals surface area contributed by atoms with Crippen molar-refractivity contribution < 1.29 is 102 Å². The van der Waals surface area contributed by atoms with Crippen LogP contribution in [-0.2, 0) is 9.53 Å². The molecule has 0 fully saturated rings. The number of hydrogen-bond acceptors (Lipinski definition) is 2. The summed E-state index contributed by atoms with van der Waals surface area (Å²) in [7, 11) is 0. The lowest BCUT2D eigenvalue weighted by Gasteiger charge is -2.45. The molecule has 226 valence electrons. The van der Waals surface area contributed by atoms with Gasteiger partial charge in [0, 0.05) is 6.08 Å². The van der Waals surface area contributed by atoms with Gasteiger partial charge < -0.3 is 4.74 Å². The molecule has 0 saturated carbocycles. The van der Waals surface area contributed by atoms with E-state index < -0.39 is 78.5 Å². The first-order valence-electron chi connectivity index (χ1n) is 8.43. The summed E-state index contributed by atoms with van der Waals surface area (Å²) in [6, 6.07) is 0. The Morgan fingerprint density at radius 1 is 0.526 bits per heavy atom. The maximum Gasteiger partial charge on any atom is 0.460 e. The summed E-state index contributed by atoms with van der Waals surface area (Å²) in [4.78, 5) is 10.7. The Balaban J connectivity index is 7.07. The highest BCUT2D eigenvalue weighted by Gasteiger charge is 2.98. The quantitative estimate of drug-likeness (QED) is 0.137. The second-order valence-corrected chi connectivity index (χ2v) is 7.00. The molecule has 2 nitrogen and oxygen atoms in total. The lowest BCUT2D eigenvalue weighted by atomic mass is 9.85. The van der Waals surface area contributed by atoms with Crippen LogP contribution in [0.4, 0.5) is 92.2 Å². The minimum atomic E-state index is -9.24. The molecule has 0 aliphatic rings. The third-order valence-corrected chi connectivity index (χ3v) is 4.51. The molecule has 0 spiro atoms. The van der Waals surface area contributed by atoms with Crippen LogP contribution in [0.2, 0.25) is 0 Å². The Kier molecular flexibility index (Phi) is 8.61. The van der Waals surface area contributed by atoms with E-state index in [1.54, 1.807) is 0 Å². The van der Waals surface area contributed by atoms with E-state index in [2.05, 4.69) is 11.3 Å². The summed E-state index contributed by atoms with van der Waals surface area (Å²) >= 11 is 0. The van der Waals surface area contributed by atoms with Gasteiger partial charge in [-0.25, -0.2) is 4.79 Å². The zero-order valence-electron chi connectivity index (χ0n) is 17.1. The topological polar surface area (TPSA) is 26.3 Å². The second kappa shape index (κ2) is 9.15. The number of alkyl halides is 21. The van der Waals surface area contributed by atoms with Crippen LogP contribution in [-0.4, -0.2) is 71.6 Å². The lowest BCUT2D eigenvalue weighted by molar-refractivity contribution is -0.475. The second-order valence-electron chi connectivity index (χ2n) is 7.00. The fraction of sp³-hybridized carbons (Fsp3) is 0.800. The van der Waals surface area contributed by atoms with E-state index in [-0.39, 0.29) is 6.08 Å². The van der Waals surface area contributed by atoms with Crippen LogP contribution < -0.4 is 0 Å². The molecule has 1 atom stereocenters. The van der Waals surface area contributed by atoms with Gasteiger partial charge in [0.1, 0.15) is 0 Å². The van der Waals surface area contributed by atoms with Crippen LogP contribution in [0, 0.1) is 0 Å². The van der Waals surface area contributed by atoms with E-state index in [1.807, 2.05) is 0 Å². The van der Waals surface area contributed by atoms with E-state index in [1.165, 1.54) is 0 Å². The van der Waals surface area contributed by atoms with Gasteiger partial charge in [-0.05, 0) is 6.92 Å². The molecule has 0 aliphatic carbocycles. The van der Waals surface area contributed by atoms with Crippen LogP contribution in [0.1, 0.15) is 6.92 Å². The summed E-state index contributed by atoms with van der Waals surface area (Å²) in [5.74, 6) is -80.2. The van der Waals surface area contributed by atoms with Crippen molar-refractivity contribution in [1.29, 1.82) is 0 Å². The van der Waals surface area contributed by atoms with E-state index in [0.29, 0.717) is 0 Å². The van der Waals surface area contributed by atoms with Crippen molar-refractivity contribution in [3.63, 3.8) is 0 Å². The minimum Gasteiger partial charge on any atom is -0.453 e. The Labute approximate surface area is 194 Å². The van der Waals surface area contributed by atoms with E-state index >= 15 is 0 Å². The standard InChI is InChI=1S/C15H7F21O2/c1-3-5(37)38-4(2)6(16,17)7(18,19)8(20,21)9(22,23)10(24,25)11(26,27)12(28,29)13(30,31)14(32,33)15(34,35)36/h3-4H,1H2,2H3. The highest BCUT2D eigenvalue weighted by atomic mass is 19.4. The molecule has 0 bridgehead atoms. The van der Waals surface area contributed by atoms with Crippen LogP contribution in [0.15, 0.2) is 12.7 Å². The van der Waals surface area contributed by atoms with Crippen molar-refractivity contribution >= 4 is 5.97 Å². The fourth-order valence-corrected chi connectivity index (χ4v) is 2.12. The fourth-order valence-electron chi connectivity index (χ4n) is 2.12. The third-order valence-electron chi connectivity index (χ3n) is 4.51. The number of carbonyl (C=O) groups excluding carboxylic acids is 1. The molecule has 23 heteroatoms. The van der Waals surface area contributed by atoms with Crippen LogP contribution in [0.3, 0.4) is 0 Å². The molecule has 0 radical (unpaired) electrons. The molecule has 0 aliphatic heterocycles. The number of esters is 1. The smallest absolute Gasteiger partial charge is 0.453 e. The Morgan fingerprint density at radius 2 is 0.763 bits per heavy atom. The molecular weight excluding hydrogens is 611 g/mol. The number of carbonyl (C=O) groups is 1. The molecule has 0 rings (SSSR count). The van der Waals surface area contributed by atoms with Crippen LogP contribution in [0.25, 0.3) is 0 Å². The third kappa shape index (κ3) is 4.39. The molecule has 1 unspecified atom stereocenters. The van der Waals surface area contributed by atoms with E-state index in [0.717, 1.165) is 0 Å². The Morgan fingerprint density at radius 3 is 1.00 bits per heavy atom. The molecule has 0 aromatic heterocycles. The average Bonchev–Trinajstić information content (AvgIpc) is 2.71. The largest absolute Gasteiger partial charge is 0.460 e. The van der Waals surface area contributed by atoms with Crippen molar-refractivity contribution in [1.82, 2.24) is 0 Å². The van der Waals surface area contributed by atoms with Crippen LogP contribution in [0.5, 0.6) is 0 Å². The Bertz CT molecular complexity index is 899. The van der Waals surface area contributed by atoms with Crippen molar-refractivity contribution in [3.8, 4) is 0 Å². The van der Waals surface area contributed by atoms with Gasteiger partial charge in [0.25, 0.3) is 0 Å². The zero-order valence-corrected chi connectivity index (χ0v) is 17.1. The van der Waals surface area contributed by atoms with E-state index in [9.17, 15) is 97.0 Å². The van der Waals surface area contributed by atoms with Crippen molar-refractivity contribution in [2.24, 2.45) is 0 Å². The summed E-state index contributed by atoms with van der Waals surface area (Å²) in [5.41, 5.74) is 0. The summed E-state index contributed by atoms with van der Waals surface area (Å²) in [6.07, 6.45) is -12.3.